The SMILES string of the molecule is Nc1ccc(N2CCN(Cc3ccccc3-c3ccc(Cl)cc3)CC2)cc1. The minimum Gasteiger partial charge on any atom is -0.399 e. The van der Waals surface area contributed by atoms with Gasteiger partial charge in [0.1, 0.15) is 0 Å². The summed E-state index contributed by atoms with van der Waals surface area (Å²) in [5.74, 6) is 0. The van der Waals surface area contributed by atoms with Gasteiger partial charge in [-0.2, -0.15) is 0 Å². The molecule has 1 heterocycles. The van der Waals surface area contributed by atoms with Gasteiger partial charge in [0.05, 0.1) is 0 Å². The van der Waals surface area contributed by atoms with Gasteiger partial charge in [-0.25, -0.2) is 0 Å². The van der Waals surface area contributed by atoms with Crippen LogP contribution in [0.5, 0.6) is 0 Å². The smallest absolute Gasteiger partial charge is 0.0406 e. The molecule has 4 rings (SSSR count). The molecular formula is C23H24ClN3. The number of hydrogen-bond acceptors (Lipinski definition) is 3. The lowest BCUT2D eigenvalue weighted by molar-refractivity contribution is 0.250. The van der Waals surface area contributed by atoms with E-state index in [1.54, 1.807) is 0 Å². The number of hydrogen-bond donors (Lipinski definition) is 1. The van der Waals surface area contributed by atoms with Crippen molar-refractivity contribution in [2.45, 2.75) is 6.54 Å². The second kappa shape index (κ2) is 8.03. The van der Waals surface area contributed by atoms with Crippen LogP contribution < -0.4 is 10.6 Å². The van der Waals surface area contributed by atoms with Crippen molar-refractivity contribution in [3.63, 3.8) is 0 Å². The van der Waals surface area contributed by atoms with Gasteiger partial charge in [-0.1, -0.05) is 48.0 Å². The van der Waals surface area contributed by atoms with Gasteiger partial charge in [-0.05, 0) is 53.1 Å². The lowest BCUT2D eigenvalue weighted by Gasteiger charge is -2.36. The molecule has 1 fully saturated rings. The van der Waals surface area contributed by atoms with E-state index in [1.807, 2.05) is 24.3 Å². The molecule has 0 atom stereocenters. The van der Waals surface area contributed by atoms with Crippen LogP contribution in [0.1, 0.15) is 5.56 Å². The van der Waals surface area contributed by atoms with Crippen molar-refractivity contribution in [2.24, 2.45) is 0 Å². The molecule has 0 radical (unpaired) electrons. The maximum Gasteiger partial charge on any atom is 0.0406 e. The van der Waals surface area contributed by atoms with E-state index in [2.05, 4.69) is 58.3 Å². The third-order valence-electron chi connectivity index (χ3n) is 5.20. The Morgan fingerprint density at radius 3 is 2.15 bits per heavy atom. The van der Waals surface area contributed by atoms with Crippen molar-refractivity contribution < 1.29 is 0 Å². The zero-order chi connectivity index (χ0) is 18.6. The summed E-state index contributed by atoms with van der Waals surface area (Å²) < 4.78 is 0. The molecule has 0 amide bonds. The zero-order valence-electron chi connectivity index (χ0n) is 15.3. The van der Waals surface area contributed by atoms with Gasteiger partial charge < -0.3 is 10.6 Å². The molecule has 0 saturated carbocycles. The fourth-order valence-electron chi connectivity index (χ4n) is 3.66. The number of nitrogen functional groups attached to an aromatic ring is 1. The number of rotatable bonds is 4. The molecule has 4 heteroatoms. The number of benzene rings is 3. The van der Waals surface area contributed by atoms with Gasteiger partial charge in [-0.15, -0.1) is 0 Å². The predicted molar refractivity (Wildman–Crippen MR) is 115 cm³/mol. The van der Waals surface area contributed by atoms with Crippen LogP contribution in [-0.2, 0) is 6.54 Å². The first-order valence-electron chi connectivity index (χ1n) is 9.36. The van der Waals surface area contributed by atoms with Crippen molar-refractivity contribution in [2.75, 3.05) is 36.8 Å². The summed E-state index contributed by atoms with van der Waals surface area (Å²) >= 11 is 6.05. The molecule has 27 heavy (non-hydrogen) atoms. The lowest BCUT2D eigenvalue weighted by atomic mass is 9.99. The minimum absolute atomic E-state index is 0.773. The summed E-state index contributed by atoms with van der Waals surface area (Å²) in [6.07, 6.45) is 0. The van der Waals surface area contributed by atoms with Crippen LogP contribution in [0.3, 0.4) is 0 Å². The van der Waals surface area contributed by atoms with Crippen LogP contribution >= 0.6 is 11.6 Å². The Morgan fingerprint density at radius 1 is 0.778 bits per heavy atom. The zero-order valence-corrected chi connectivity index (χ0v) is 16.1. The number of halogens is 1. The summed E-state index contributed by atoms with van der Waals surface area (Å²) in [6, 6.07) is 24.9. The Bertz CT molecular complexity index is 882. The Hall–Kier alpha value is -2.49. The van der Waals surface area contributed by atoms with Crippen molar-refractivity contribution >= 4 is 23.0 Å². The Morgan fingerprint density at radius 2 is 1.44 bits per heavy atom. The molecular weight excluding hydrogens is 354 g/mol. The molecule has 0 spiro atoms. The molecule has 1 aliphatic heterocycles. The fourth-order valence-corrected chi connectivity index (χ4v) is 3.79. The van der Waals surface area contributed by atoms with Gasteiger partial charge in [0, 0.05) is 49.1 Å². The van der Waals surface area contributed by atoms with E-state index in [9.17, 15) is 0 Å². The molecule has 138 valence electrons. The second-order valence-electron chi connectivity index (χ2n) is 7.02. The van der Waals surface area contributed by atoms with E-state index >= 15 is 0 Å². The van der Waals surface area contributed by atoms with E-state index in [0.29, 0.717) is 0 Å². The average molecular weight is 378 g/mol. The molecule has 0 bridgehead atoms. The normalized spacial score (nSPS) is 15.1. The number of anilines is 2. The minimum atomic E-state index is 0.773. The first-order valence-corrected chi connectivity index (χ1v) is 9.73. The number of piperazine rings is 1. The Labute approximate surface area is 166 Å². The largest absolute Gasteiger partial charge is 0.399 e. The van der Waals surface area contributed by atoms with Crippen LogP contribution in [0.15, 0.2) is 72.8 Å². The summed E-state index contributed by atoms with van der Waals surface area (Å²) in [5, 5.41) is 0.773. The molecule has 0 unspecified atom stereocenters. The van der Waals surface area contributed by atoms with E-state index in [0.717, 1.165) is 43.4 Å². The quantitative estimate of drug-likeness (QED) is 0.655. The molecule has 0 aromatic heterocycles. The topological polar surface area (TPSA) is 32.5 Å². The second-order valence-corrected chi connectivity index (χ2v) is 7.46. The van der Waals surface area contributed by atoms with Crippen LogP contribution in [0.25, 0.3) is 11.1 Å². The first-order chi connectivity index (χ1) is 13.2. The van der Waals surface area contributed by atoms with Crippen molar-refractivity contribution in [3.05, 3.63) is 83.4 Å². The van der Waals surface area contributed by atoms with Crippen molar-refractivity contribution in [3.8, 4) is 11.1 Å². The molecule has 1 saturated heterocycles. The van der Waals surface area contributed by atoms with E-state index in [1.165, 1.54) is 22.4 Å². The van der Waals surface area contributed by atoms with Gasteiger partial charge in [-0.3, -0.25) is 4.90 Å². The summed E-state index contributed by atoms with van der Waals surface area (Å²) in [5.41, 5.74) is 11.7. The van der Waals surface area contributed by atoms with Gasteiger partial charge >= 0.3 is 0 Å². The highest BCUT2D eigenvalue weighted by atomic mass is 35.5. The third kappa shape index (κ3) is 4.26. The van der Waals surface area contributed by atoms with E-state index < -0.39 is 0 Å². The van der Waals surface area contributed by atoms with Gasteiger partial charge in [0.15, 0.2) is 0 Å². The standard InChI is InChI=1S/C23H24ClN3/c24-20-7-5-18(6-8-20)23-4-2-1-3-19(23)17-26-13-15-27(16-14-26)22-11-9-21(25)10-12-22/h1-12H,13-17,25H2. The summed E-state index contributed by atoms with van der Waals surface area (Å²) in [4.78, 5) is 4.96. The Kier molecular flexibility index (Phi) is 5.33. The lowest BCUT2D eigenvalue weighted by Crippen LogP contribution is -2.46. The summed E-state index contributed by atoms with van der Waals surface area (Å²) in [7, 11) is 0. The van der Waals surface area contributed by atoms with Crippen LogP contribution in [0.2, 0.25) is 5.02 Å². The Balaban J connectivity index is 1.43. The third-order valence-corrected chi connectivity index (χ3v) is 5.45. The van der Waals surface area contributed by atoms with E-state index in [4.69, 9.17) is 17.3 Å². The highest BCUT2D eigenvalue weighted by Gasteiger charge is 2.18. The molecule has 3 aromatic rings. The van der Waals surface area contributed by atoms with Gasteiger partial charge in [0.25, 0.3) is 0 Å². The highest BCUT2D eigenvalue weighted by molar-refractivity contribution is 6.30. The number of nitrogens with zero attached hydrogens (tertiary/aromatic N) is 2. The molecule has 3 aromatic carbocycles. The monoisotopic (exact) mass is 377 g/mol. The first kappa shape index (κ1) is 17.9. The molecule has 3 nitrogen and oxygen atoms in total. The van der Waals surface area contributed by atoms with Crippen LogP contribution in [0.4, 0.5) is 11.4 Å². The molecule has 1 aliphatic rings. The summed E-state index contributed by atoms with van der Waals surface area (Å²) in [6.45, 7) is 5.15. The van der Waals surface area contributed by atoms with Crippen molar-refractivity contribution in [1.29, 1.82) is 0 Å². The van der Waals surface area contributed by atoms with Crippen molar-refractivity contribution in [1.82, 2.24) is 4.90 Å². The van der Waals surface area contributed by atoms with Gasteiger partial charge in [0.2, 0.25) is 0 Å². The molecule has 0 aliphatic carbocycles. The average Bonchev–Trinajstić information content (AvgIpc) is 2.70. The fraction of sp³-hybridized carbons (Fsp3) is 0.217. The highest BCUT2D eigenvalue weighted by Crippen LogP contribution is 2.27. The van der Waals surface area contributed by atoms with Crippen LogP contribution in [-0.4, -0.2) is 31.1 Å². The maximum absolute atomic E-state index is 6.05. The maximum atomic E-state index is 6.05. The van der Waals surface area contributed by atoms with Crippen LogP contribution in [0, 0.1) is 0 Å². The molecule has 2 N–H and O–H groups in total. The van der Waals surface area contributed by atoms with E-state index in [-0.39, 0.29) is 0 Å². The predicted octanol–water partition coefficient (Wildman–Crippen LogP) is 4.91. The number of nitrogens with two attached hydrogens (primary N) is 1.